The topological polar surface area (TPSA) is 68.4 Å². The number of H-pyrrole nitrogens is 1. The molecule has 156 valence electrons. The highest BCUT2D eigenvalue weighted by molar-refractivity contribution is 7.98. The number of amides is 2. The van der Waals surface area contributed by atoms with E-state index in [0.29, 0.717) is 31.9 Å². The number of piperazine rings is 1. The molecule has 1 unspecified atom stereocenters. The average molecular weight is 423 g/mol. The number of carbonyl (C=O) groups is 2. The summed E-state index contributed by atoms with van der Waals surface area (Å²) in [5, 5.41) is 4.05. The highest BCUT2D eigenvalue weighted by atomic mass is 32.2. The van der Waals surface area contributed by atoms with Crippen molar-refractivity contribution in [2.45, 2.75) is 17.9 Å². The number of hydrogen-bond donors (Lipinski definition) is 2. The fourth-order valence-corrected chi connectivity index (χ4v) is 4.24. The largest absolute Gasteiger partial charge is 0.351 e. The molecule has 1 fully saturated rings. The predicted octanol–water partition coefficient (Wildman–Crippen LogP) is 3.67. The van der Waals surface area contributed by atoms with Gasteiger partial charge in [-0.05, 0) is 43.5 Å². The minimum atomic E-state index is -0.256. The van der Waals surface area contributed by atoms with E-state index in [4.69, 9.17) is 0 Å². The van der Waals surface area contributed by atoms with Gasteiger partial charge in [-0.25, -0.2) is 0 Å². The Hall–Kier alpha value is -2.77. The fraction of sp³-hybridized carbons (Fsp3) is 0.304. The van der Waals surface area contributed by atoms with Crippen LogP contribution in [-0.4, -0.2) is 65.1 Å². The maximum absolute atomic E-state index is 12.9. The van der Waals surface area contributed by atoms with Gasteiger partial charge in [0.2, 0.25) is 5.91 Å². The van der Waals surface area contributed by atoms with Crippen molar-refractivity contribution in [3.8, 4) is 0 Å². The molecule has 0 saturated carbocycles. The van der Waals surface area contributed by atoms with Gasteiger partial charge in [-0.1, -0.05) is 24.3 Å². The first-order chi connectivity index (χ1) is 14.5. The van der Waals surface area contributed by atoms with E-state index in [2.05, 4.69) is 15.2 Å². The number of aromatic amines is 1. The summed E-state index contributed by atoms with van der Waals surface area (Å²) in [6.07, 6.45) is 2.01. The van der Waals surface area contributed by atoms with Crippen LogP contribution in [0.3, 0.4) is 0 Å². The van der Waals surface area contributed by atoms with Crippen molar-refractivity contribution >= 4 is 40.2 Å². The van der Waals surface area contributed by atoms with E-state index >= 15 is 0 Å². The van der Waals surface area contributed by atoms with E-state index < -0.39 is 0 Å². The summed E-state index contributed by atoms with van der Waals surface area (Å²) in [5.74, 6) is -0.0134. The van der Waals surface area contributed by atoms with Crippen LogP contribution in [-0.2, 0) is 4.79 Å². The second kappa shape index (κ2) is 8.93. The van der Waals surface area contributed by atoms with Crippen molar-refractivity contribution in [1.82, 2.24) is 14.8 Å². The quantitative estimate of drug-likeness (QED) is 0.616. The second-order valence-corrected chi connectivity index (χ2v) is 8.38. The minimum Gasteiger partial charge on any atom is -0.351 e. The lowest BCUT2D eigenvalue weighted by Crippen LogP contribution is -2.54. The zero-order valence-electron chi connectivity index (χ0n) is 17.2. The van der Waals surface area contributed by atoms with Crippen molar-refractivity contribution < 1.29 is 9.59 Å². The molecular formula is C23H26N4O2S. The molecule has 2 N–H and O–H groups in total. The van der Waals surface area contributed by atoms with Crippen molar-refractivity contribution in [3.05, 3.63) is 60.3 Å². The Kier molecular flexibility index (Phi) is 6.11. The molecule has 1 aromatic heterocycles. The Labute approximate surface area is 180 Å². The number of anilines is 1. The van der Waals surface area contributed by atoms with Crippen molar-refractivity contribution in [1.29, 1.82) is 0 Å². The summed E-state index contributed by atoms with van der Waals surface area (Å²) in [5.41, 5.74) is 2.39. The van der Waals surface area contributed by atoms with Crippen LogP contribution < -0.4 is 5.32 Å². The van der Waals surface area contributed by atoms with Gasteiger partial charge >= 0.3 is 0 Å². The number of carbonyl (C=O) groups excluding carboxylic acids is 2. The molecule has 6 nitrogen and oxygen atoms in total. The Balaban J connectivity index is 1.34. The maximum atomic E-state index is 12.9. The van der Waals surface area contributed by atoms with Gasteiger partial charge in [-0.2, -0.15) is 0 Å². The zero-order chi connectivity index (χ0) is 21.1. The summed E-state index contributed by atoms with van der Waals surface area (Å²) in [7, 11) is 0. The van der Waals surface area contributed by atoms with Crippen LogP contribution in [0.4, 0.5) is 5.69 Å². The number of nitrogens with zero attached hydrogens (tertiary/aromatic N) is 2. The smallest absolute Gasteiger partial charge is 0.270 e. The number of nitrogens with one attached hydrogen (secondary N) is 2. The molecule has 3 aromatic rings. The molecule has 2 amide bonds. The number of aromatic nitrogens is 1. The normalized spacial score (nSPS) is 15.9. The van der Waals surface area contributed by atoms with Gasteiger partial charge in [0.05, 0.1) is 6.04 Å². The van der Waals surface area contributed by atoms with Crippen LogP contribution in [0.25, 0.3) is 10.9 Å². The van der Waals surface area contributed by atoms with E-state index in [9.17, 15) is 9.59 Å². The van der Waals surface area contributed by atoms with E-state index in [1.807, 2.05) is 72.7 Å². The van der Waals surface area contributed by atoms with Gasteiger partial charge in [0, 0.05) is 47.7 Å². The lowest BCUT2D eigenvalue weighted by atomic mass is 10.2. The monoisotopic (exact) mass is 422 g/mol. The predicted molar refractivity (Wildman–Crippen MR) is 122 cm³/mol. The summed E-state index contributed by atoms with van der Waals surface area (Å²) in [4.78, 5) is 33.9. The van der Waals surface area contributed by atoms with Crippen LogP contribution in [0.1, 0.15) is 17.4 Å². The van der Waals surface area contributed by atoms with Gasteiger partial charge < -0.3 is 15.2 Å². The summed E-state index contributed by atoms with van der Waals surface area (Å²) >= 11 is 1.65. The van der Waals surface area contributed by atoms with Gasteiger partial charge in [0.15, 0.2) is 0 Å². The van der Waals surface area contributed by atoms with Crippen molar-refractivity contribution in [2.75, 3.05) is 37.8 Å². The lowest BCUT2D eigenvalue weighted by Gasteiger charge is -2.37. The Morgan fingerprint density at radius 3 is 2.53 bits per heavy atom. The van der Waals surface area contributed by atoms with Gasteiger partial charge in [0.25, 0.3) is 5.91 Å². The molecule has 0 radical (unpaired) electrons. The number of hydrogen-bond acceptors (Lipinski definition) is 4. The van der Waals surface area contributed by atoms with Gasteiger partial charge in [0.1, 0.15) is 5.69 Å². The SMILES string of the molecule is CSc1cccc(NC(=O)C(C)N2CCN(C(=O)c3cc4ccccc4[nH]3)CC2)c1. The van der Waals surface area contributed by atoms with Crippen LogP contribution in [0, 0.1) is 0 Å². The van der Waals surface area contributed by atoms with E-state index in [0.717, 1.165) is 21.5 Å². The molecular weight excluding hydrogens is 396 g/mol. The maximum Gasteiger partial charge on any atom is 0.270 e. The number of thioether (sulfide) groups is 1. The third-order valence-electron chi connectivity index (χ3n) is 5.63. The van der Waals surface area contributed by atoms with Crippen LogP contribution in [0.15, 0.2) is 59.5 Å². The van der Waals surface area contributed by atoms with Crippen LogP contribution >= 0.6 is 11.8 Å². The Morgan fingerprint density at radius 1 is 1.03 bits per heavy atom. The van der Waals surface area contributed by atoms with E-state index in [1.54, 1.807) is 11.8 Å². The number of rotatable bonds is 5. The van der Waals surface area contributed by atoms with Crippen LogP contribution in [0.2, 0.25) is 0 Å². The van der Waals surface area contributed by atoms with E-state index in [1.165, 1.54) is 0 Å². The molecule has 7 heteroatoms. The summed E-state index contributed by atoms with van der Waals surface area (Å²) in [6.45, 7) is 4.47. The standard InChI is InChI=1S/C23H26N4O2S/c1-16(22(28)24-18-7-5-8-19(15-18)30-2)26-10-12-27(13-11-26)23(29)21-14-17-6-3-4-9-20(17)25-21/h3-9,14-16,25H,10-13H2,1-2H3,(H,24,28). The van der Waals surface area contributed by atoms with Gasteiger partial charge in [-0.3, -0.25) is 14.5 Å². The highest BCUT2D eigenvalue weighted by Gasteiger charge is 2.28. The minimum absolute atomic E-state index is 0.0110. The summed E-state index contributed by atoms with van der Waals surface area (Å²) < 4.78 is 0. The molecule has 1 aliphatic heterocycles. The summed E-state index contributed by atoms with van der Waals surface area (Å²) in [6, 6.07) is 17.4. The first kappa shape index (κ1) is 20.5. The van der Waals surface area contributed by atoms with Crippen LogP contribution in [0.5, 0.6) is 0 Å². The second-order valence-electron chi connectivity index (χ2n) is 7.50. The number of fused-ring (bicyclic) bond motifs is 1. The Bertz CT molecular complexity index is 1020. The Morgan fingerprint density at radius 2 is 1.80 bits per heavy atom. The number of para-hydroxylation sites is 1. The first-order valence-electron chi connectivity index (χ1n) is 10.1. The zero-order valence-corrected chi connectivity index (χ0v) is 18.0. The molecule has 2 heterocycles. The molecule has 0 spiro atoms. The van der Waals surface area contributed by atoms with E-state index in [-0.39, 0.29) is 17.9 Å². The lowest BCUT2D eigenvalue weighted by molar-refractivity contribution is -0.121. The molecule has 30 heavy (non-hydrogen) atoms. The van der Waals surface area contributed by atoms with Crippen molar-refractivity contribution in [2.24, 2.45) is 0 Å². The number of benzene rings is 2. The van der Waals surface area contributed by atoms with Crippen molar-refractivity contribution in [3.63, 3.8) is 0 Å². The molecule has 4 rings (SSSR count). The third kappa shape index (κ3) is 4.37. The molecule has 2 aromatic carbocycles. The van der Waals surface area contributed by atoms with Gasteiger partial charge in [-0.15, -0.1) is 11.8 Å². The molecule has 0 bridgehead atoms. The highest BCUT2D eigenvalue weighted by Crippen LogP contribution is 2.20. The molecule has 0 aliphatic carbocycles. The molecule has 1 saturated heterocycles. The third-order valence-corrected chi connectivity index (χ3v) is 6.35. The fourth-order valence-electron chi connectivity index (χ4n) is 3.78. The molecule has 1 aliphatic rings. The first-order valence-corrected chi connectivity index (χ1v) is 11.3. The molecule has 1 atom stereocenters. The average Bonchev–Trinajstić information content (AvgIpc) is 3.22.